The minimum atomic E-state index is 0.502. The molecule has 1 aromatic carbocycles. The van der Waals surface area contributed by atoms with Gasteiger partial charge in [0.15, 0.2) is 11.5 Å². The molecule has 0 fully saturated rings. The number of fused-ring (bicyclic) bond motifs is 1. The van der Waals surface area contributed by atoms with Crippen LogP contribution in [0, 0.1) is 11.8 Å². The van der Waals surface area contributed by atoms with Gasteiger partial charge in [-0.2, -0.15) is 9.97 Å². The molecule has 3 aromatic rings. The Labute approximate surface area is 166 Å². The lowest BCUT2D eigenvalue weighted by atomic mass is 10.2. The van der Waals surface area contributed by atoms with E-state index in [1.807, 2.05) is 31.2 Å². The fourth-order valence-corrected chi connectivity index (χ4v) is 2.74. The number of hydrogen-bond donors (Lipinski definition) is 3. The molecular formula is C21H30N6O. The first-order chi connectivity index (χ1) is 13.5. The summed E-state index contributed by atoms with van der Waals surface area (Å²) in [6.07, 6.45) is 0. The molecule has 0 unspecified atom stereocenters. The predicted octanol–water partition coefficient (Wildman–Crippen LogP) is 4.55. The molecule has 2 aromatic heterocycles. The normalized spacial score (nSPS) is 11.4. The van der Waals surface area contributed by atoms with Gasteiger partial charge in [0, 0.05) is 18.7 Å². The van der Waals surface area contributed by atoms with E-state index in [2.05, 4.69) is 53.3 Å². The molecule has 0 bridgehead atoms. The molecule has 3 N–H and O–H groups in total. The first kappa shape index (κ1) is 19.9. The van der Waals surface area contributed by atoms with Gasteiger partial charge >= 0.3 is 0 Å². The van der Waals surface area contributed by atoms with Crippen molar-refractivity contribution < 1.29 is 4.74 Å². The van der Waals surface area contributed by atoms with Crippen molar-refractivity contribution in [3.05, 3.63) is 24.3 Å². The highest BCUT2D eigenvalue weighted by Gasteiger charge is 2.14. The van der Waals surface area contributed by atoms with E-state index < -0.39 is 0 Å². The summed E-state index contributed by atoms with van der Waals surface area (Å²) >= 11 is 0. The molecule has 0 saturated heterocycles. The third kappa shape index (κ3) is 4.91. The molecule has 0 radical (unpaired) electrons. The molecule has 0 atom stereocenters. The van der Waals surface area contributed by atoms with Gasteiger partial charge in [-0.15, -0.1) is 0 Å². The molecule has 0 aliphatic rings. The molecule has 28 heavy (non-hydrogen) atoms. The van der Waals surface area contributed by atoms with Gasteiger partial charge in [-0.3, -0.25) is 0 Å². The third-order valence-corrected chi connectivity index (χ3v) is 4.12. The van der Waals surface area contributed by atoms with Crippen LogP contribution in [0.3, 0.4) is 0 Å². The highest BCUT2D eigenvalue weighted by molar-refractivity contribution is 5.86. The smallest absolute Gasteiger partial charge is 0.226 e. The monoisotopic (exact) mass is 382 g/mol. The van der Waals surface area contributed by atoms with Gasteiger partial charge in [0.2, 0.25) is 5.95 Å². The Morgan fingerprint density at radius 1 is 1.00 bits per heavy atom. The van der Waals surface area contributed by atoms with Crippen molar-refractivity contribution >= 4 is 22.9 Å². The van der Waals surface area contributed by atoms with Crippen LogP contribution < -0.4 is 15.4 Å². The zero-order valence-corrected chi connectivity index (χ0v) is 17.3. The minimum absolute atomic E-state index is 0.502. The summed E-state index contributed by atoms with van der Waals surface area (Å²) in [6, 6.07) is 7.90. The van der Waals surface area contributed by atoms with Gasteiger partial charge in [0.05, 0.1) is 6.61 Å². The average Bonchev–Trinajstić information content (AvgIpc) is 3.09. The lowest BCUT2D eigenvalue weighted by Gasteiger charge is -2.11. The number of aromatic amines is 1. The van der Waals surface area contributed by atoms with Crippen LogP contribution in [0.25, 0.3) is 22.6 Å². The molecule has 7 nitrogen and oxygen atoms in total. The Hall–Kier alpha value is -2.83. The van der Waals surface area contributed by atoms with Crippen LogP contribution in [0.2, 0.25) is 0 Å². The molecule has 0 aliphatic carbocycles. The maximum absolute atomic E-state index is 5.61. The molecule has 0 amide bonds. The van der Waals surface area contributed by atoms with Crippen molar-refractivity contribution in [2.24, 2.45) is 11.8 Å². The number of imidazole rings is 1. The summed E-state index contributed by atoms with van der Waals surface area (Å²) < 4.78 is 5.61. The number of ether oxygens (including phenoxy) is 1. The molecule has 7 heteroatoms. The maximum Gasteiger partial charge on any atom is 0.226 e. The van der Waals surface area contributed by atoms with Crippen molar-refractivity contribution in [1.82, 2.24) is 19.9 Å². The number of H-pyrrole nitrogens is 1. The van der Waals surface area contributed by atoms with Crippen molar-refractivity contribution in [3.8, 4) is 17.1 Å². The Balaban J connectivity index is 1.99. The summed E-state index contributed by atoms with van der Waals surface area (Å²) in [5.74, 6) is 3.94. The van der Waals surface area contributed by atoms with Crippen molar-refractivity contribution in [2.75, 3.05) is 30.3 Å². The quantitative estimate of drug-likeness (QED) is 0.503. The Morgan fingerprint density at radius 2 is 1.75 bits per heavy atom. The highest BCUT2D eigenvalue weighted by Crippen LogP contribution is 2.27. The number of nitrogens with zero attached hydrogens (tertiary/aromatic N) is 3. The SMILES string of the molecule is CCOc1cccc(-c2nc3nc(NCC(C)C)nc(NCC(C)C)c3[nH]2)c1. The van der Waals surface area contributed by atoms with Crippen LogP contribution in [0.5, 0.6) is 5.75 Å². The van der Waals surface area contributed by atoms with E-state index in [-0.39, 0.29) is 0 Å². The number of rotatable bonds is 9. The average molecular weight is 383 g/mol. The van der Waals surface area contributed by atoms with Gasteiger partial charge in [-0.05, 0) is 30.9 Å². The van der Waals surface area contributed by atoms with E-state index in [0.717, 1.165) is 41.6 Å². The number of anilines is 2. The number of hydrogen-bond acceptors (Lipinski definition) is 6. The summed E-state index contributed by atoms with van der Waals surface area (Å²) in [6.45, 7) is 12.9. The second-order valence-corrected chi connectivity index (χ2v) is 7.69. The fraction of sp³-hybridized carbons (Fsp3) is 0.476. The molecule has 0 saturated carbocycles. The van der Waals surface area contributed by atoms with Crippen LogP contribution in [0.4, 0.5) is 11.8 Å². The summed E-state index contributed by atoms with van der Waals surface area (Å²) in [5, 5.41) is 6.73. The van der Waals surface area contributed by atoms with Crippen molar-refractivity contribution in [1.29, 1.82) is 0 Å². The third-order valence-electron chi connectivity index (χ3n) is 4.12. The summed E-state index contributed by atoms with van der Waals surface area (Å²) in [7, 11) is 0. The number of benzene rings is 1. The van der Waals surface area contributed by atoms with E-state index in [0.29, 0.717) is 30.0 Å². The minimum Gasteiger partial charge on any atom is -0.494 e. The summed E-state index contributed by atoms with van der Waals surface area (Å²) in [4.78, 5) is 17.4. The van der Waals surface area contributed by atoms with Crippen LogP contribution >= 0.6 is 0 Å². The highest BCUT2D eigenvalue weighted by atomic mass is 16.5. The second-order valence-electron chi connectivity index (χ2n) is 7.69. The Kier molecular flexibility index (Phi) is 6.34. The first-order valence-corrected chi connectivity index (χ1v) is 9.95. The molecule has 0 spiro atoms. The van der Waals surface area contributed by atoms with E-state index in [9.17, 15) is 0 Å². The molecule has 150 valence electrons. The van der Waals surface area contributed by atoms with Crippen LogP contribution in [0.1, 0.15) is 34.6 Å². The van der Waals surface area contributed by atoms with E-state index in [1.165, 1.54) is 0 Å². The maximum atomic E-state index is 5.61. The molecular weight excluding hydrogens is 352 g/mol. The number of nitrogens with one attached hydrogen (secondary N) is 3. The summed E-state index contributed by atoms with van der Waals surface area (Å²) in [5.41, 5.74) is 2.41. The van der Waals surface area contributed by atoms with Crippen LogP contribution in [0.15, 0.2) is 24.3 Å². The Bertz CT molecular complexity index is 918. The second kappa shape index (κ2) is 8.91. The van der Waals surface area contributed by atoms with Gasteiger partial charge in [0.25, 0.3) is 0 Å². The van der Waals surface area contributed by atoms with E-state index in [1.54, 1.807) is 0 Å². The molecule has 0 aliphatic heterocycles. The standard InChI is InChI=1S/C21H30N6O/c1-6-28-16-9-7-8-15(10-16)18-24-17-19(22-11-13(2)3)26-21(23-12-14(4)5)27-20(17)25-18/h7-10,13-14H,6,11-12H2,1-5H3,(H3,22,23,24,25,26,27). The predicted molar refractivity (Wildman–Crippen MR) is 115 cm³/mol. The molecule has 3 rings (SSSR count). The Morgan fingerprint density at radius 3 is 2.46 bits per heavy atom. The van der Waals surface area contributed by atoms with Gasteiger partial charge in [0.1, 0.15) is 17.1 Å². The van der Waals surface area contributed by atoms with Gasteiger partial charge in [-0.1, -0.05) is 39.8 Å². The number of aromatic nitrogens is 4. The van der Waals surface area contributed by atoms with Crippen LogP contribution in [-0.4, -0.2) is 39.6 Å². The van der Waals surface area contributed by atoms with E-state index in [4.69, 9.17) is 9.72 Å². The zero-order chi connectivity index (χ0) is 20.1. The van der Waals surface area contributed by atoms with Gasteiger partial charge < -0.3 is 20.4 Å². The van der Waals surface area contributed by atoms with Crippen LogP contribution in [-0.2, 0) is 0 Å². The molecule has 2 heterocycles. The largest absolute Gasteiger partial charge is 0.494 e. The first-order valence-electron chi connectivity index (χ1n) is 9.95. The van der Waals surface area contributed by atoms with Crippen molar-refractivity contribution in [3.63, 3.8) is 0 Å². The zero-order valence-electron chi connectivity index (χ0n) is 17.3. The van der Waals surface area contributed by atoms with Gasteiger partial charge in [-0.25, -0.2) is 4.98 Å². The fourth-order valence-electron chi connectivity index (χ4n) is 2.74. The van der Waals surface area contributed by atoms with E-state index >= 15 is 0 Å². The lowest BCUT2D eigenvalue weighted by molar-refractivity contribution is 0.340. The van der Waals surface area contributed by atoms with Crippen molar-refractivity contribution in [2.45, 2.75) is 34.6 Å². The topological polar surface area (TPSA) is 87.8 Å². The lowest BCUT2D eigenvalue weighted by Crippen LogP contribution is -2.14.